The first kappa shape index (κ1) is 11.4. The summed E-state index contributed by atoms with van der Waals surface area (Å²) in [6.45, 7) is 0. The summed E-state index contributed by atoms with van der Waals surface area (Å²) in [5, 5.41) is 4.15. The van der Waals surface area contributed by atoms with Crippen molar-refractivity contribution >= 4 is 67.7 Å². The predicted molar refractivity (Wildman–Crippen MR) is 28.6 cm³/mol. The summed E-state index contributed by atoms with van der Waals surface area (Å²) >= 11 is 4.26. The molecule has 42 valence electrons. The zero-order valence-electron chi connectivity index (χ0n) is 2.59. The Morgan fingerprint density at radius 2 is 1.71 bits per heavy atom. The molecule has 0 aromatic carbocycles. The maximum absolute atomic E-state index is 9.42. The summed E-state index contributed by atoms with van der Waals surface area (Å²) in [5.41, 5.74) is 0. The first-order valence-corrected chi connectivity index (χ1v) is 2.67. The van der Waals surface area contributed by atoms with E-state index in [0.717, 1.165) is 0 Å². The van der Waals surface area contributed by atoms with Gasteiger partial charge in [-0.1, -0.05) is 0 Å². The van der Waals surface area contributed by atoms with E-state index in [0.29, 0.717) is 0 Å². The second-order valence-corrected chi connectivity index (χ2v) is 2.05. The average Bonchev–Trinajstić information content (AvgIpc) is 1.35. The third-order valence-electron chi connectivity index (χ3n) is 0.0878. The molecule has 0 aliphatic carbocycles. The molecule has 0 amide bonds. The molecule has 7 heavy (non-hydrogen) atoms. The van der Waals surface area contributed by atoms with Gasteiger partial charge in [0, 0.05) is 0 Å². The van der Waals surface area contributed by atoms with Crippen LogP contribution in [0.25, 0.3) is 0 Å². The summed E-state index contributed by atoms with van der Waals surface area (Å²) in [5.74, 6) is 0. The zero-order chi connectivity index (χ0) is 5.21. The van der Waals surface area contributed by atoms with Gasteiger partial charge in [0.15, 0.2) is 0 Å². The van der Waals surface area contributed by atoms with Crippen molar-refractivity contribution in [3.05, 3.63) is 0 Å². The van der Waals surface area contributed by atoms with Gasteiger partial charge in [-0.2, -0.15) is 8.42 Å². The van der Waals surface area contributed by atoms with E-state index >= 15 is 0 Å². The SMILES string of the molecule is NS(=O)(=O)OCl.[SrH2]. The molecule has 2 N–H and O–H groups in total. The molecule has 4 nitrogen and oxygen atoms in total. The summed E-state index contributed by atoms with van der Waals surface area (Å²) in [4.78, 5) is 0. The van der Waals surface area contributed by atoms with Crippen molar-refractivity contribution < 1.29 is 12.2 Å². The first-order chi connectivity index (χ1) is 2.56. The molecule has 0 heterocycles. The molecule has 0 aromatic rings. The van der Waals surface area contributed by atoms with Crippen LogP contribution in [0.1, 0.15) is 0 Å². The third-order valence-corrected chi connectivity index (χ3v) is 0.790. The van der Waals surface area contributed by atoms with E-state index in [1.165, 1.54) is 0 Å². The van der Waals surface area contributed by atoms with E-state index in [1.807, 2.05) is 0 Å². The molecule has 0 aromatic heterocycles. The molecule has 0 spiro atoms. The van der Waals surface area contributed by atoms with Crippen molar-refractivity contribution in [2.75, 3.05) is 0 Å². The Balaban J connectivity index is 0. The number of hydrogen-bond acceptors (Lipinski definition) is 3. The van der Waals surface area contributed by atoms with E-state index in [2.05, 4.69) is 20.7 Å². The van der Waals surface area contributed by atoms with Crippen molar-refractivity contribution in [3.63, 3.8) is 0 Å². The van der Waals surface area contributed by atoms with E-state index < -0.39 is 10.3 Å². The third kappa shape index (κ3) is 11.3. The summed E-state index contributed by atoms with van der Waals surface area (Å²) in [6.07, 6.45) is 0. The van der Waals surface area contributed by atoms with Gasteiger partial charge in [-0.3, -0.25) is 0 Å². The Kier molecular flexibility index (Phi) is 7.37. The fourth-order valence-corrected chi connectivity index (χ4v) is 0. The Morgan fingerprint density at radius 1 is 1.57 bits per heavy atom. The van der Waals surface area contributed by atoms with Crippen molar-refractivity contribution in [1.29, 1.82) is 0 Å². The molecule has 0 saturated heterocycles. The van der Waals surface area contributed by atoms with E-state index in [1.54, 1.807) is 0 Å². The topological polar surface area (TPSA) is 69.4 Å². The number of nitrogens with two attached hydrogens (primary N) is 1. The van der Waals surface area contributed by atoms with Crippen molar-refractivity contribution in [2.45, 2.75) is 0 Å². The van der Waals surface area contributed by atoms with Crippen molar-refractivity contribution in [3.8, 4) is 0 Å². The van der Waals surface area contributed by atoms with Crippen LogP contribution < -0.4 is 5.14 Å². The van der Waals surface area contributed by atoms with Crippen LogP contribution in [0.5, 0.6) is 0 Å². The molecule has 0 fully saturated rings. The van der Waals surface area contributed by atoms with Crippen molar-refractivity contribution in [1.82, 2.24) is 0 Å². The van der Waals surface area contributed by atoms with E-state index in [4.69, 9.17) is 0 Å². The van der Waals surface area contributed by atoms with Crippen LogP contribution in [0.4, 0.5) is 0 Å². The molecule has 0 atom stereocenters. The van der Waals surface area contributed by atoms with Gasteiger partial charge in [0.1, 0.15) is 0 Å². The van der Waals surface area contributed by atoms with Gasteiger partial charge >= 0.3 is 55.8 Å². The van der Waals surface area contributed by atoms with E-state index in [9.17, 15) is 8.42 Å². The van der Waals surface area contributed by atoms with Crippen LogP contribution in [0, 0.1) is 0 Å². The molecule has 0 radical (unpaired) electrons. The Bertz CT molecular complexity index is 117. The number of rotatable bonds is 1. The van der Waals surface area contributed by atoms with E-state index in [-0.39, 0.29) is 45.5 Å². The fraction of sp³-hybridized carbons (Fsp3) is 0. The second-order valence-electron chi connectivity index (χ2n) is 0.556. The number of halogens is 1. The summed E-state index contributed by atoms with van der Waals surface area (Å²) in [7, 11) is -3.90. The molecule has 0 unspecified atom stereocenters. The zero-order valence-corrected chi connectivity index (χ0v) is 4.16. The molecular formula is H4ClNO3SSr. The van der Waals surface area contributed by atoms with Crippen LogP contribution in [0.2, 0.25) is 0 Å². The maximum atomic E-state index is 9.42. The molecular weight excluding hydrogens is 217 g/mol. The van der Waals surface area contributed by atoms with Gasteiger partial charge in [0.25, 0.3) is 0 Å². The summed E-state index contributed by atoms with van der Waals surface area (Å²) < 4.78 is 22.0. The van der Waals surface area contributed by atoms with Crippen LogP contribution >= 0.6 is 11.9 Å². The van der Waals surface area contributed by atoms with Gasteiger partial charge in [0.05, 0.1) is 11.9 Å². The molecule has 0 saturated carbocycles. The predicted octanol–water partition coefficient (Wildman–Crippen LogP) is -1.56. The van der Waals surface area contributed by atoms with Gasteiger partial charge in [0.2, 0.25) is 0 Å². The molecule has 0 rings (SSSR count). The van der Waals surface area contributed by atoms with Gasteiger partial charge in [-0.05, 0) is 0 Å². The minimum atomic E-state index is -3.90. The normalized spacial score (nSPS) is 10.0. The molecule has 0 aliphatic rings. The van der Waals surface area contributed by atoms with Gasteiger partial charge in [-0.15, -0.1) is 3.74 Å². The second kappa shape index (κ2) is 4.51. The molecule has 0 aliphatic heterocycles. The average molecular weight is 221 g/mol. The number of hydrogen-bond donors (Lipinski definition) is 1. The van der Waals surface area contributed by atoms with Crippen LogP contribution in [-0.4, -0.2) is 53.9 Å². The van der Waals surface area contributed by atoms with Crippen LogP contribution in [-0.2, 0) is 14.0 Å². The van der Waals surface area contributed by atoms with Crippen molar-refractivity contribution in [2.24, 2.45) is 5.14 Å². The summed E-state index contributed by atoms with van der Waals surface area (Å²) in [6, 6.07) is 0. The van der Waals surface area contributed by atoms with Gasteiger partial charge < -0.3 is 0 Å². The quantitative estimate of drug-likeness (QED) is 0.545. The standard InChI is InChI=1S/ClH2NO3S.Sr.2H/c1-5-6(2,3)4;;;/h(H2,2,3,4);;;. The minimum absolute atomic E-state index is 0. The van der Waals surface area contributed by atoms with Crippen LogP contribution in [0.3, 0.4) is 0 Å². The first-order valence-electron chi connectivity index (χ1n) is 0.890. The van der Waals surface area contributed by atoms with Crippen LogP contribution in [0.15, 0.2) is 0 Å². The Hall–Kier alpha value is 1.64. The monoisotopic (exact) mass is 221 g/mol. The molecule has 7 heteroatoms. The Morgan fingerprint density at radius 3 is 1.71 bits per heavy atom. The Labute approximate surface area is 83.7 Å². The fourth-order valence-electron chi connectivity index (χ4n) is 0. The van der Waals surface area contributed by atoms with Gasteiger partial charge in [-0.25, -0.2) is 5.14 Å². The molecule has 0 bridgehead atoms.